The Morgan fingerprint density at radius 3 is 2.68 bits per heavy atom. The highest BCUT2D eigenvalue weighted by Gasteiger charge is 2.20. The molecule has 1 aromatic carbocycles. The minimum absolute atomic E-state index is 0.193. The van der Waals surface area contributed by atoms with E-state index in [2.05, 4.69) is 10.6 Å². The molecule has 2 N–H and O–H groups in total. The molecule has 1 amide bonds. The monoisotopic (exact) mass is 272 g/mol. The molecular weight excluding hydrogens is 264 g/mol. The van der Waals surface area contributed by atoms with Crippen molar-refractivity contribution in [3.8, 4) is 0 Å². The molecule has 1 fully saturated rings. The van der Waals surface area contributed by atoms with Crippen LogP contribution in [0.15, 0.2) is 45.4 Å². The topological polar surface area (TPSA) is 71.3 Å². The maximum absolute atomic E-state index is 12.2. The number of thiocarbonyl (C=S) groups is 1. The average molecular weight is 272 g/mol. The van der Waals surface area contributed by atoms with Crippen molar-refractivity contribution in [2.75, 3.05) is 0 Å². The molecule has 0 radical (unpaired) electrons. The molecule has 94 valence electrons. The van der Waals surface area contributed by atoms with E-state index < -0.39 is 0 Å². The summed E-state index contributed by atoms with van der Waals surface area (Å²) >= 11 is 4.81. The van der Waals surface area contributed by atoms with E-state index >= 15 is 0 Å². The fourth-order valence-corrected chi connectivity index (χ4v) is 2.03. The van der Waals surface area contributed by atoms with E-state index in [-0.39, 0.29) is 22.1 Å². The summed E-state index contributed by atoms with van der Waals surface area (Å²) in [7, 11) is 0. The summed E-state index contributed by atoms with van der Waals surface area (Å²) in [6, 6.07) is 6.93. The van der Waals surface area contributed by atoms with Gasteiger partial charge in [0.25, 0.3) is 5.91 Å². The van der Waals surface area contributed by atoms with Crippen LogP contribution in [0.4, 0.5) is 0 Å². The lowest BCUT2D eigenvalue weighted by atomic mass is 10.1. The van der Waals surface area contributed by atoms with E-state index in [0.29, 0.717) is 16.5 Å². The number of nitrogens with one attached hydrogen (secondary N) is 2. The van der Waals surface area contributed by atoms with Crippen LogP contribution in [0.5, 0.6) is 0 Å². The van der Waals surface area contributed by atoms with Crippen molar-refractivity contribution in [3.63, 3.8) is 0 Å². The number of benzene rings is 1. The molecule has 0 unspecified atom stereocenters. The first-order valence-electron chi connectivity index (χ1n) is 5.50. The third kappa shape index (κ3) is 2.02. The SMILES string of the molecule is O=C1NC(=S)N/C1=C\c1coc2ccccc2c1=O. The molecule has 0 saturated carbocycles. The molecule has 0 spiro atoms. The molecule has 0 atom stereocenters. The zero-order valence-electron chi connectivity index (χ0n) is 9.60. The Bertz CT molecular complexity index is 792. The van der Waals surface area contributed by atoms with Crippen molar-refractivity contribution in [2.45, 2.75) is 0 Å². The van der Waals surface area contributed by atoms with E-state index in [1.54, 1.807) is 24.3 Å². The smallest absolute Gasteiger partial charge is 0.273 e. The van der Waals surface area contributed by atoms with Gasteiger partial charge in [-0.05, 0) is 30.4 Å². The van der Waals surface area contributed by atoms with Crippen molar-refractivity contribution in [3.05, 3.63) is 52.0 Å². The van der Waals surface area contributed by atoms with Gasteiger partial charge in [0, 0.05) is 0 Å². The first-order valence-corrected chi connectivity index (χ1v) is 5.90. The van der Waals surface area contributed by atoms with Crippen LogP contribution in [0, 0.1) is 0 Å². The van der Waals surface area contributed by atoms with E-state index in [1.165, 1.54) is 12.3 Å². The van der Waals surface area contributed by atoms with Crippen LogP contribution in [0.25, 0.3) is 17.0 Å². The average Bonchev–Trinajstić information content (AvgIpc) is 2.72. The minimum atomic E-state index is -0.363. The van der Waals surface area contributed by atoms with Crippen LogP contribution in [-0.4, -0.2) is 11.0 Å². The van der Waals surface area contributed by atoms with E-state index in [1.807, 2.05) is 0 Å². The predicted octanol–water partition coefficient (Wildman–Crippen LogP) is 1.14. The molecule has 6 heteroatoms. The van der Waals surface area contributed by atoms with Crippen LogP contribution in [-0.2, 0) is 4.79 Å². The summed E-state index contributed by atoms with van der Waals surface area (Å²) in [6.07, 6.45) is 2.75. The third-order valence-corrected chi connectivity index (χ3v) is 2.93. The number of carbonyl (C=O) groups excluding carboxylic acids is 1. The van der Waals surface area contributed by atoms with Crippen molar-refractivity contribution in [2.24, 2.45) is 0 Å². The Morgan fingerprint density at radius 2 is 1.95 bits per heavy atom. The molecular formula is C13H8N2O3S. The quantitative estimate of drug-likeness (QED) is 0.601. The first-order chi connectivity index (χ1) is 9.15. The highest BCUT2D eigenvalue weighted by atomic mass is 32.1. The second-order valence-electron chi connectivity index (χ2n) is 3.98. The van der Waals surface area contributed by atoms with E-state index in [0.717, 1.165) is 0 Å². The normalized spacial score (nSPS) is 16.7. The van der Waals surface area contributed by atoms with Crippen molar-refractivity contribution in [1.29, 1.82) is 0 Å². The molecule has 0 bridgehead atoms. The van der Waals surface area contributed by atoms with Gasteiger partial charge >= 0.3 is 0 Å². The van der Waals surface area contributed by atoms with Crippen molar-refractivity contribution < 1.29 is 9.21 Å². The van der Waals surface area contributed by atoms with E-state index in [9.17, 15) is 9.59 Å². The maximum atomic E-state index is 12.2. The molecule has 1 aliphatic heterocycles. The van der Waals surface area contributed by atoms with Crippen LogP contribution >= 0.6 is 12.2 Å². The fraction of sp³-hybridized carbons (Fsp3) is 0. The van der Waals surface area contributed by atoms with E-state index in [4.69, 9.17) is 16.6 Å². The second-order valence-corrected chi connectivity index (χ2v) is 4.39. The molecule has 2 aromatic rings. The van der Waals surface area contributed by atoms with Gasteiger partial charge in [-0.1, -0.05) is 12.1 Å². The molecule has 2 heterocycles. The molecule has 5 nitrogen and oxygen atoms in total. The van der Waals surface area contributed by atoms with Crippen LogP contribution in [0.3, 0.4) is 0 Å². The minimum Gasteiger partial charge on any atom is -0.463 e. The number of carbonyl (C=O) groups is 1. The van der Waals surface area contributed by atoms with Crippen molar-refractivity contribution in [1.82, 2.24) is 10.6 Å². The van der Waals surface area contributed by atoms with Crippen LogP contribution < -0.4 is 16.1 Å². The Kier molecular flexibility index (Phi) is 2.64. The molecule has 1 aliphatic rings. The van der Waals surface area contributed by atoms with Gasteiger partial charge < -0.3 is 9.73 Å². The molecule has 1 aromatic heterocycles. The number of para-hydroxylation sites is 1. The molecule has 19 heavy (non-hydrogen) atoms. The molecule has 1 saturated heterocycles. The van der Waals surface area contributed by atoms with Crippen LogP contribution in [0.2, 0.25) is 0 Å². The maximum Gasteiger partial charge on any atom is 0.273 e. The van der Waals surface area contributed by atoms with Gasteiger partial charge in [-0.2, -0.15) is 0 Å². The molecule has 0 aliphatic carbocycles. The standard InChI is InChI=1S/C13H8N2O3S/c16-11-7(5-9-12(17)15-13(19)14-9)6-18-10-4-2-1-3-8(10)11/h1-6H,(H2,14,15,17,19)/b9-5-. The summed E-state index contributed by atoms with van der Waals surface area (Å²) in [4.78, 5) is 23.7. The number of hydrogen-bond donors (Lipinski definition) is 2. The second kappa shape index (κ2) is 4.33. The summed E-state index contributed by atoms with van der Waals surface area (Å²) in [5.41, 5.74) is 0.837. The number of rotatable bonds is 1. The summed E-state index contributed by atoms with van der Waals surface area (Å²) in [6.45, 7) is 0. The van der Waals surface area contributed by atoms with Gasteiger partial charge in [0.1, 0.15) is 17.5 Å². The Morgan fingerprint density at radius 1 is 1.16 bits per heavy atom. The van der Waals surface area contributed by atoms with Crippen LogP contribution in [0.1, 0.15) is 5.56 Å². The zero-order valence-corrected chi connectivity index (χ0v) is 10.4. The van der Waals surface area contributed by atoms with Gasteiger partial charge in [0.2, 0.25) is 0 Å². The zero-order chi connectivity index (χ0) is 13.4. The Hall–Kier alpha value is -2.47. The largest absolute Gasteiger partial charge is 0.463 e. The lowest BCUT2D eigenvalue weighted by molar-refractivity contribution is -0.115. The lowest BCUT2D eigenvalue weighted by Crippen LogP contribution is -2.21. The Balaban J connectivity index is 2.14. The fourth-order valence-electron chi connectivity index (χ4n) is 1.83. The molecule has 3 rings (SSSR count). The van der Waals surface area contributed by atoms with Crippen molar-refractivity contribution >= 4 is 40.3 Å². The first kappa shape index (κ1) is 11.6. The highest BCUT2D eigenvalue weighted by molar-refractivity contribution is 7.80. The summed E-state index contributed by atoms with van der Waals surface area (Å²) < 4.78 is 5.36. The van der Waals surface area contributed by atoms with Gasteiger partial charge in [0.15, 0.2) is 10.5 Å². The Labute approximate surface area is 112 Å². The lowest BCUT2D eigenvalue weighted by Gasteiger charge is -1.99. The van der Waals surface area contributed by atoms with Gasteiger partial charge in [-0.15, -0.1) is 0 Å². The van der Waals surface area contributed by atoms with Gasteiger partial charge in [-0.3, -0.25) is 14.9 Å². The predicted molar refractivity (Wildman–Crippen MR) is 74.3 cm³/mol. The summed E-state index contributed by atoms with van der Waals surface area (Å²) in [5.74, 6) is -0.363. The number of fused-ring (bicyclic) bond motifs is 1. The third-order valence-electron chi connectivity index (χ3n) is 2.73. The van der Waals surface area contributed by atoms with Gasteiger partial charge in [0.05, 0.1) is 10.9 Å². The number of amides is 1. The van der Waals surface area contributed by atoms with Gasteiger partial charge in [-0.25, -0.2) is 0 Å². The highest BCUT2D eigenvalue weighted by Crippen LogP contribution is 2.12. The number of hydrogen-bond acceptors (Lipinski definition) is 4. The summed E-state index contributed by atoms with van der Waals surface area (Å²) in [5, 5.41) is 5.80.